The van der Waals surface area contributed by atoms with Crippen molar-refractivity contribution in [1.82, 2.24) is 5.32 Å². The van der Waals surface area contributed by atoms with Crippen LogP contribution >= 0.6 is 28.3 Å². The number of carbonyl (C=O) groups is 1. The third-order valence-corrected chi connectivity index (χ3v) is 3.69. The molecule has 3 nitrogen and oxygen atoms in total. The van der Waals surface area contributed by atoms with Crippen LogP contribution in [0, 0.1) is 17.6 Å². The van der Waals surface area contributed by atoms with Crippen molar-refractivity contribution >= 4 is 39.9 Å². The highest BCUT2D eigenvalue weighted by atomic mass is 79.9. The molecule has 1 fully saturated rings. The van der Waals surface area contributed by atoms with E-state index in [0.717, 1.165) is 19.0 Å². The Kier molecular flexibility index (Phi) is 5.70. The van der Waals surface area contributed by atoms with Crippen LogP contribution in [0.3, 0.4) is 0 Å². The predicted octanol–water partition coefficient (Wildman–Crippen LogP) is 3.09. The molecule has 0 saturated carbocycles. The predicted molar refractivity (Wildman–Crippen MR) is 75.5 cm³/mol. The summed E-state index contributed by atoms with van der Waals surface area (Å²) in [5.74, 6) is -2.26. The first-order chi connectivity index (χ1) is 8.49. The molecule has 1 aromatic rings. The number of hydrogen-bond donors (Lipinski definition) is 2. The molecule has 0 radical (unpaired) electrons. The molecule has 2 atom stereocenters. The third-order valence-electron chi connectivity index (χ3n) is 3.11. The van der Waals surface area contributed by atoms with Gasteiger partial charge in [-0.2, -0.15) is 0 Å². The fourth-order valence-corrected chi connectivity index (χ4v) is 2.52. The van der Waals surface area contributed by atoms with Crippen LogP contribution in [-0.2, 0) is 4.79 Å². The number of anilines is 1. The zero-order valence-corrected chi connectivity index (χ0v) is 12.6. The van der Waals surface area contributed by atoms with E-state index < -0.39 is 11.6 Å². The van der Waals surface area contributed by atoms with E-state index in [1.807, 2.05) is 6.92 Å². The normalized spacial score (nSPS) is 21.9. The monoisotopic (exact) mass is 354 g/mol. The smallest absolute Gasteiger partial charge is 0.229 e. The Morgan fingerprint density at radius 3 is 2.68 bits per heavy atom. The van der Waals surface area contributed by atoms with Crippen molar-refractivity contribution in [2.45, 2.75) is 19.4 Å². The second kappa shape index (κ2) is 6.63. The lowest BCUT2D eigenvalue weighted by Crippen LogP contribution is -2.32. The summed E-state index contributed by atoms with van der Waals surface area (Å²) in [4.78, 5) is 12.0. The lowest BCUT2D eigenvalue weighted by atomic mass is 10.0. The minimum absolute atomic E-state index is 0. The molecule has 1 amide bonds. The molecule has 0 aromatic heterocycles. The highest BCUT2D eigenvalue weighted by Gasteiger charge is 2.29. The van der Waals surface area contributed by atoms with Crippen molar-refractivity contribution in [3.8, 4) is 0 Å². The van der Waals surface area contributed by atoms with Crippen molar-refractivity contribution in [2.24, 2.45) is 5.92 Å². The Morgan fingerprint density at radius 2 is 2.16 bits per heavy atom. The Hall–Kier alpha value is -0.720. The Labute approximate surface area is 124 Å². The van der Waals surface area contributed by atoms with Gasteiger partial charge in [0.05, 0.1) is 10.4 Å². The SMILES string of the molecule is C[C@@H]1NCC[C@@H]1C(=O)Nc1cc(F)c(F)c(Br)c1.Cl. The lowest BCUT2D eigenvalue weighted by molar-refractivity contribution is -0.120. The van der Waals surface area contributed by atoms with Gasteiger partial charge in [-0.25, -0.2) is 8.78 Å². The van der Waals surface area contributed by atoms with Gasteiger partial charge in [0.15, 0.2) is 11.6 Å². The standard InChI is InChI=1S/C12H13BrF2N2O.ClH/c1-6-8(2-3-16-6)12(18)17-7-4-9(13)11(15)10(14)5-7;/h4-6,8,16H,2-3H2,1H3,(H,17,18);1H/t6-,8-;/m0./s1. The number of halogens is 4. The highest BCUT2D eigenvalue weighted by molar-refractivity contribution is 9.10. The molecule has 1 aliphatic heterocycles. The van der Waals surface area contributed by atoms with Gasteiger partial charge in [0.1, 0.15) is 0 Å². The third kappa shape index (κ3) is 3.64. The van der Waals surface area contributed by atoms with Crippen LogP contribution in [0.15, 0.2) is 16.6 Å². The van der Waals surface area contributed by atoms with Crippen molar-refractivity contribution in [2.75, 3.05) is 11.9 Å². The van der Waals surface area contributed by atoms with Gasteiger partial charge < -0.3 is 10.6 Å². The molecule has 106 valence electrons. The van der Waals surface area contributed by atoms with Crippen LogP contribution in [0.5, 0.6) is 0 Å². The summed E-state index contributed by atoms with van der Waals surface area (Å²) in [5.41, 5.74) is 0.255. The fourth-order valence-electron chi connectivity index (χ4n) is 2.08. The molecule has 0 unspecified atom stereocenters. The summed E-state index contributed by atoms with van der Waals surface area (Å²) in [7, 11) is 0. The van der Waals surface area contributed by atoms with E-state index in [2.05, 4.69) is 26.6 Å². The minimum Gasteiger partial charge on any atom is -0.326 e. The Balaban J connectivity index is 0.00000180. The van der Waals surface area contributed by atoms with Crippen molar-refractivity contribution < 1.29 is 13.6 Å². The molecule has 1 saturated heterocycles. The Morgan fingerprint density at radius 1 is 1.47 bits per heavy atom. The summed E-state index contributed by atoms with van der Waals surface area (Å²) in [6, 6.07) is 2.42. The van der Waals surface area contributed by atoms with E-state index in [4.69, 9.17) is 0 Å². The molecule has 2 N–H and O–H groups in total. The molecule has 1 aromatic carbocycles. The van der Waals surface area contributed by atoms with Gasteiger partial charge in [0, 0.05) is 17.8 Å². The lowest BCUT2D eigenvalue weighted by Gasteiger charge is -2.15. The molecule has 1 aliphatic rings. The molecule has 7 heteroatoms. The van der Waals surface area contributed by atoms with E-state index >= 15 is 0 Å². The van der Waals surface area contributed by atoms with Crippen molar-refractivity contribution in [1.29, 1.82) is 0 Å². The number of carbonyl (C=O) groups excluding carboxylic acids is 1. The van der Waals surface area contributed by atoms with Gasteiger partial charge in [0.2, 0.25) is 5.91 Å². The van der Waals surface area contributed by atoms with Gasteiger partial charge in [-0.05, 0) is 41.9 Å². The first-order valence-electron chi connectivity index (χ1n) is 5.68. The van der Waals surface area contributed by atoms with E-state index in [0.29, 0.717) is 0 Å². The first kappa shape index (κ1) is 16.3. The van der Waals surface area contributed by atoms with Gasteiger partial charge in [-0.3, -0.25) is 4.79 Å². The van der Waals surface area contributed by atoms with Crippen molar-refractivity contribution in [3.63, 3.8) is 0 Å². The van der Waals surface area contributed by atoms with Crippen molar-refractivity contribution in [3.05, 3.63) is 28.2 Å². The second-order valence-electron chi connectivity index (χ2n) is 4.38. The molecule has 0 bridgehead atoms. The highest BCUT2D eigenvalue weighted by Crippen LogP contribution is 2.24. The van der Waals surface area contributed by atoms with Gasteiger partial charge >= 0.3 is 0 Å². The van der Waals surface area contributed by atoms with Crippen LogP contribution in [-0.4, -0.2) is 18.5 Å². The summed E-state index contributed by atoms with van der Waals surface area (Å²) >= 11 is 2.90. The summed E-state index contributed by atoms with van der Waals surface area (Å²) in [6.45, 7) is 2.72. The summed E-state index contributed by atoms with van der Waals surface area (Å²) in [6.07, 6.45) is 0.748. The summed E-state index contributed by atoms with van der Waals surface area (Å²) < 4.78 is 26.2. The Bertz CT molecular complexity index is 464. The quantitative estimate of drug-likeness (QED) is 0.801. The minimum atomic E-state index is -0.989. The van der Waals surface area contributed by atoms with Gasteiger partial charge in [-0.15, -0.1) is 12.4 Å². The van der Waals surface area contributed by atoms with Crippen LogP contribution in [0.2, 0.25) is 0 Å². The van der Waals surface area contributed by atoms with Crippen LogP contribution < -0.4 is 10.6 Å². The number of amides is 1. The van der Waals surface area contributed by atoms with E-state index in [1.54, 1.807) is 0 Å². The van der Waals surface area contributed by atoms with Gasteiger partial charge in [-0.1, -0.05) is 0 Å². The molecule has 19 heavy (non-hydrogen) atoms. The average Bonchev–Trinajstić information content (AvgIpc) is 2.72. The molecular weight excluding hydrogens is 341 g/mol. The molecular formula is C12H14BrClF2N2O. The number of rotatable bonds is 2. The number of benzene rings is 1. The van der Waals surface area contributed by atoms with E-state index in [1.165, 1.54) is 6.07 Å². The van der Waals surface area contributed by atoms with Gasteiger partial charge in [0.25, 0.3) is 0 Å². The molecule has 0 spiro atoms. The van der Waals surface area contributed by atoms with Crippen LogP contribution in [0.1, 0.15) is 13.3 Å². The van der Waals surface area contributed by atoms with E-state index in [-0.39, 0.29) is 40.4 Å². The van der Waals surface area contributed by atoms with E-state index in [9.17, 15) is 13.6 Å². The maximum absolute atomic E-state index is 13.2. The fraction of sp³-hybridized carbons (Fsp3) is 0.417. The average molecular weight is 356 g/mol. The maximum atomic E-state index is 13.2. The zero-order valence-electron chi connectivity index (χ0n) is 10.2. The topological polar surface area (TPSA) is 41.1 Å². The second-order valence-corrected chi connectivity index (χ2v) is 5.24. The molecule has 0 aliphatic carbocycles. The largest absolute Gasteiger partial charge is 0.326 e. The summed E-state index contributed by atoms with van der Waals surface area (Å²) in [5, 5.41) is 5.77. The number of hydrogen-bond acceptors (Lipinski definition) is 2. The maximum Gasteiger partial charge on any atom is 0.229 e. The first-order valence-corrected chi connectivity index (χ1v) is 6.47. The van der Waals surface area contributed by atoms with Crippen LogP contribution in [0.4, 0.5) is 14.5 Å². The van der Waals surface area contributed by atoms with Crippen LogP contribution in [0.25, 0.3) is 0 Å². The number of nitrogens with one attached hydrogen (secondary N) is 2. The molecule has 2 rings (SSSR count). The molecule has 1 heterocycles. The zero-order chi connectivity index (χ0) is 13.3.